The van der Waals surface area contributed by atoms with Crippen molar-refractivity contribution in [2.75, 3.05) is 6.54 Å². The topological polar surface area (TPSA) is 95.9 Å². The molecule has 0 spiro atoms. The Morgan fingerprint density at radius 1 is 1.09 bits per heavy atom. The molecule has 2 N–H and O–H groups in total. The number of fused-ring (bicyclic) bond motifs is 2. The van der Waals surface area contributed by atoms with Crippen LogP contribution in [0.15, 0.2) is 54.9 Å². The van der Waals surface area contributed by atoms with Crippen molar-refractivity contribution in [1.29, 1.82) is 0 Å². The Morgan fingerprint density at radius 3 is 2.70 bits per heavy atom. The standard InChI is InChI=1S/C25H24N6O2/c1-16-6-7-22(26-13-16)25(8-9-25)29-23(32)18-14-27-31-11-10-30(15-21(18)31)24(33)20-12-17-4-2-3-5-19(17)28-20/h2-7,12-14,28H,8-11,15H2,1H3,(H,29,32). The van der Waals surface area contributed by atoms with Gasteiger partial charge in [0, 0.05) is 23.6 Å². The predicted molar refractivity (Wildman–Crippen MR) is 123 cm³/mol. The lowest BCUT2D eigenvalue weighted by Crippen LogP contribution is -2.40. The van der Waals surface area contributed by atoms with Crippen molar-refractivity contribution in [2.45, 2.75) is 38.4 Å². The summed E-state index contributed by atoms with van der Waals surface area (Å²) in [6.45, 7) is 3.43. The predicted octanol–water partition coefficient (Wildman–Crippen LogP) is 3.14. The molecule has 3 aromatic heterocycles. The van der Waals surface area contributed by atoms with Crippen molar-refractivity contribution in [3.8, 4) is 0 Å². The molecule has 2 amide bonds. The molecule has 2 aliphatic rings. The summed E-state index contributed by atoms with van der Waals surface area (Å²) in [7, 11) is 0. The Bertz CT molecular complexity index is 1350. The smallest absolute Gasteiger partial charge is 0.270 e. The number of hydrogen-bond acceptors (Lipinski definition) is 4. The highest BCUT2D eigenvalue weighted by Crippen LogP contribution is 2.44. The second-order valence-electron chi connectivity index (χ2n) is 8.98. The number of pyridine rings is 1. The molecule has 0 atom stereocenters. The lowest BCUT2D eigenvalue weighted by Gasteiger charge is -2.28. The molecule has 166 valence electrons. The monoisotopic (exact) mass is 440 g/mol. The largest absolute Gasteiger partial charge is 0.351 e. The molecule has 6 rings (SSSR count). The molecular formula is C25H24N6O2. The lowest BCUT2D eigenvalue weighted by atomic mass is 10.1. The van der Waals surface area contributed by atoms with Gasteiger partial charge in [0.15, 0.2) is 0 Å². The maximum atomic E-state index is 13.2. The minimum atomic E-state index is -0.409. The van der Waals surface area contributed by atoms with Gasteiger partial charge in [-0.15, -0.1) is 0 Å². The van der Waals surface area contributed by atoms with Crippen LogP contribution in [0.3, 0.4) is 0 Å². The van der Waals surface area contributed by atoms with E-state index in [2.05, 4.69) is 20.4 Å². The lowest BCUT2D eigenvalue weighted by molar-refractivity contribution is 0.0697. The number of nitrogens with zero attached hydrogens (tertiary/aromatic N) is 4. The van der Waals surface area contributed by atoms with Crippen molar-refractivity contribution in [3.63, 3.8) is 0 Å². The number of aromatic amines is 1. The van der Waals surface area contributed by atoms with Gasteiger partial charge in [-0.05, 0) is 43.5 Å². The highest BCUT2D eigenvalue weighted by molar-refractivity contribution is 5.99. The average Bonchev–Trinajstić information content (AvgIpc) is 3.29. The number of rotatable bonds is 4. The van der Waals surface area contributed by atoms with Crippen LogP contribution in [0, 0.1) is 6.92 Å². The Labute approximate surface area is 190 Å². The van der Waals surface area contributed by atoms with Crippen LogP contribution in [0.1, 0.15) is 50.6 Å². The molecule has 0 bridgehead atoms. The minimum absolute atomic E-state index is 0.0764. The molecule has 1 aliphatic heterocycles. The van der Waals surface area contributed by atoms with Gasteiger partial charge in [-0.1, -0.05) is 24.3 Å². The number of hydrogen-bond donors (Lipinski definition) is 2. The van der Waals surface area contributed by atoms with Crippen LogP contribution in [-0.2, 0) is 18.6 Å². The van der Waals surface area contributed by atoms with Crippen molar-refractivity contribution in [1.82, 2.24) is 30.0 Å². The molecule has 0 saturated heterocycles. The normalized spacial score (nSPS) is 16.5. The van der Waals surface area contributed by atoms with Gasteiger partial charge in [-0.2, -0.15) is 5.10 Å². The molecule has 1 aromatic carbocycles. The molecule has 8 heteroatoms. The Hall–Kier alpha value is -3.94. The zero-order chi connectivity index (χ0) is 22.6. The van der Waals surface area contributed by atoms with Gasteiger partial charge in [-0.25, -0.2) is 0 Å². The third kappa shape index (κ3) is 3.38. The number of benzene rings is 1. The van der Waals surface area contributed by atoms with Gasteiger partial charge < -0.3 is 15.2 Å². The maximum absolute atomic E-state index is 13.2. The highest BCUT2D eigenvalue weighted by Gasteiger charge is 2.47. The summed E-state index contributed by atoms with van der Waals surface area (Å²) in [4.78, 5) is 35.9. The molecule has 4 aromatic rings. The summed E-state index contributed by atoms with van der Waals surface area (Å²) >= 11 is 0. The van der Waals surface area contributed by atoms with E-state index >= 15 is 0 Å². The van der Waals surface area contributed by atoms with Crippen molar-refractivity contribution in [3.05, 3.63) is 83.1 Å². The number of amides is 2. The summed E-state index contributed by atoms with van der Waals surface area (Å²) in [6, 6.07) is 13.7. The molecule has 0 radical (unpaired) electrons. The fourth-order valence-corrected chi connectivity index (χ4v) is 4.57. The summed E-state index contributed by atoms with van der Waals surface area (Å²) in [6.07, 6.45) is 5.17. The summed E-state index contributed by atoms with van der Waals surface area (Å²) in [5, 5.41) is 8.60. The first-order valence-corrected chi connectivity index (χ1v) is 11.2. The van der Waals surface area contributed by atoms with Gasteiger partial charge in [0.25, 0.3) is 11.8 Å². The van der Waals surface area contributed by atoms with Crippen LogP contribution < -0.4 is 5.32 Å². The quantitative estimate of drug-likeness (QED) is 0.510. The number of aryl methyl sites for hydroxylation is 1. The fraction of sp³-hybridized carbons (Fsp3) is 0.280. The third-order valence-electron chi connectivity index (χ3n) is 6.67. The van der Waals surface area contributed by atoms with Crippen LogP contribution in [0.5, 0.6) is 0 Å². The first-order chi connectivity index (χ1) is 16.0. The number of H-pyrrole nitrogens is 1. The van der Waals surface area contributed by atoms with E-state index in [-0.39, 0.29) is 11.8 Å². The summed E-state index contributed by atoms with van der Waals surface area (Å²) in [5.74, 6) is -0.247. The van der Waals surface area contributed by atoms with E-state index in [1.165, 1.54) is 0 Å². The maximum Gasteiger partial charge on any atom is 0.270 e. The number of nitrogens with one attached hydrogen (secondary N) is 2. The molecule has 8 nitrogen and oxygen atoms in total. The van der Waals surface area contributed by atoms with Gasteiger partial charge in [0.2, 0.25) is 0 Å². The fourth-order valence-electron chi connectivity index (χ4n) is 4.57. The van der Waals surface area contributed by atoms with Crippen LogP contribution in [-0.4, -0.2) is 43.0 Å². The van der Waals surface area contributed by atoms with E-state index in [9.17, 15) is 9.59 Å². The Kier molecular flexibility index (Phi) is 4.36. The second kappa shape index (κ2) is 7.30. The van der Waals surface area contributed by atoms with E-state index in [4.69, 9.17) is 0 Å². The van der Waals surface area contributed by atoms with E-state index < -0.39 is 5.54 Å². The molecule has 1 saturated carbocycles. The van der Waals surface area contributed by atoms with Gasteiger partial charge in [0.05, 0.1) is 41.8 Å². The van der Waals surface area contributed by atoms with Crippen molar-refractivity contribution in [2.24, 2.45) is 0 Å². The molecule has 33 heavy (non-hydrogen) atoms. The number of carbonyl (C=O) groups excluding carboxylic acids is 2. The van der Waals surface area contributed by atoms with Gasteiger partial charge in [0.1, 0.15) is 5.69 Å². The van der Waals surface area contributed by atoms with E-state index in [0.717, 1.165) is 40.7 Å². The zero-order valence-electron chi connectivity index (χ0n) is 18.3. The van der Waals surface area contributed by atoms with Crippen LogP contribution in [0.2, 0.25) is 0 Å². The molecule has 0 unspecified atom stereocenters. The van der Waals surface area contributed by atoms with Crippen molar-refractivity contribution < 1.29 is 9.59 Å². The average molecular weight is 441 g/mol. The summed E-state index contributed by atoms with van der Waals surface area (Å²) < 4.78 is 1.83. The Morgan fingerprint density at radius 2 is 1.94 bits per heavy atom. The Balaban J connectivity index is 1.22. The molecule has 1 fully saturated rings. The van der Waals surface area contributed by atoms with Gasteiger partial charge >= 0.3 is 0 Å². The zero-order valence-corrected chi connectivity index (χ0v) is 18.3. The second-order valence-corrected chi connectivity index (χ2v) is 8.98. The van der Waals surface area contributed by atoms with Crippen LogP contribution in [0.4, 0.5) is 0 Å². The molecule has 4 heterocycles. The minimum Gasteiger partial charge on any atom is -0.351 e. The number of carbonyl (C=O) groups is 2. The van der Waals surface area contributed by atoms with E-state index in [0.29, 0.717) is 30.9 Å². The van der Waals surface area contributed by atoms with Crippen LogP contribution >= 0.6 is 0 Å². The number of para-hydroxylation sites is 1. The third-order valence-corrected chi connectivity index (χ3v) is 6.67. The summed E-state index contributed by atoms with van der Waals surface area (Å²) in [5.41, 5.74) is 4.33. The SMILES string of the molecule is Cc1ccc(C2(NC(=O)c3cnn4c3CN(C(=O)c3cc5ccccc5[nH]3)CC4)CC2)nc1. The highest BCUT2D eigenvalue weighted by atomic mass is 16.2. The number of aromatic nitrogens is 4. The van der Waals surface area contributed by atoms with E-state index in [1.54, 1.807) is 11.1 Å². The van der Waals surface area contributed by atoms with Gasteiger partial charge in [-0.3, -0.25) is 19.3 Å². The first kappa shape index (κ1) is 19.7. The first-order valence-electron chi connectivity index (χ1n) is 11.2. The van der Waals surface area contributed by atoms with Crippen molar-refractivity contribution >= 4 is 22.7 Å². The van der Waals surface area contributed by atoms with Crippen LogP contribution in [0.25, 0.3) is 10.9 Å². The molecule has 1 aliphatic carbocycles. The van der Waals surface area contributed by atoms with E-state index in [1.807, 2.05) is 60.3 Å². The molecular weight excluding hydrogens is 416 g/mol.